The largest absolute Gasteiger partial charge is 0.411 e. The third-order valence-electron chi connectivity index (χ3n) is 2.12. The van der Waals surface area contributed by atoms with E-state index in [4.69, 9.17) is 14.5 Å². The van der Waals surface area contributed by atoms with Gasteiger partial charge in [0.05, 0.1) is 12.8 Å². The molecule has 2 aromatic rings. The van der Waals surface area contributed by atoms with Crippen molar-refractivity contribution in [1.29, 1.82) is 0 Å². The lowest BCUT2D eigenvalue weighted by Crippen LogP contribution is -1.92. The van der Waals surface area contributed by atoms with Crippen LogP contribution in [0.5, 0.6) is 0 Å². The molecule has 2 rings (SSSR count). The predicted octanol–water partition coefficient (Wildman–Crippen LogP) is 2.20. The van der Waals surface area contributed by atoms with Gasteiger partial charge in [0, 0.05) is 6.07 Å². The van der Waals surface area contributed by atoms with E-state index < -0.39 is 0 Å². The highest BCUT2D eigenvalue weighted by Gasteiger charge is 2.02. The van der Waals surface area contributed by atoms with E-state index in [0.717, 1.165) is 5.56 Å². The number of hydrogen-bond donors (Lipinski definition) is 1. The third-order valence-corrected chi connectivity index (χ3v) is 2.12. The Labute approximate surface area is 98.3 Å². The van der Waals surface area contributed by atoms with Crippen LogP contribution in [0.4, 0.5) is 0 Å². The Morgan fingerprint density at radius 2 is 2.12 bits per heavy atom. The maximum Gasteiger partial charge on any atom is 0.163 e. The Morgan fingerprint density at radius 3 is 2.88 bits per heavy atom. The van der Waals surface area contributed by atoms with Crippen molar-refractivity contribution in [3.8, 4) is 0 Å². The van der Waals surface area contributed by atoms with Crippen molar-refractivity contribution < 1.29 is 14.5 Å². The van der Waals surface area contributed by atoms with Crippen molar-refractivity contribution in [2.24, 2.45) is 5.16 Å². The molecule has 88 valence electrons. The fraction of sp³-hybridized carbons (Fsp3) is 0.167. The molecule has 0 fully saturated rings. The van der Waals surface area contributed by atoms with Crippen molar-refractivity contribution in [2.45, 2.75) is 13.2 Å². The number of rotatable bonds is 5. The molecule has 1 heterocycles. The molecule has 0 unspecified atom stereocenters. The Kier molecular flexibility index (Phi) is 3.88. The summed E-state index contributed by atoms with van der Waals surface area (Å²) in [6.45, 7) is 0.853. The molecule has 0 aliphatic rings. The molecule has 0 bridgehead atoms. The highest BCUT2D eigenvalue weighted by molar-refractivity contribution is 5.75. The minimum Gasteiger partial charge on any atom is -0.411 e. The van der Waals surface area contributed by atoms with Crippen LogP contribution in [0.3, 0.4) is 0 Å². The maximum atomic E-state index is 8.31. The van der Waals surface area contributed by atoms with E-state index in [1.165, 1.54) is 6.21 Å². The van der Waals surface area contributed by atoms with Gasteiger partial charge in [-0.2, -0.15) is 0 Å². The summed E-state index contributed by atoms with van der Waals surface area (Å²) in [5.41, 5.74) is 1.56. The second-order valence-corrected chi connectivity index (χ2v) is 3.44. The molecule has 0 saturated carbocycles. The fourth-order valence-electron chi connectivity index (χ4n) is 1.36. The van der Waals surface area contributed by atoms with Gasteiger partial charge in [-0.05, 0) is 5.56 Å². The van der Waals surface area contributed by atoms with Gasteiger partial charge in [-0.15, -0.1) is 0 Å². The quantitative estimate of drug-likeness (QED) is 0.487. The molecule has 0 radical (unpaired) electrons. The van der Waals surface area contributed by atoms with Gasteiger partial charge in [-0.25, -0.2) is 0 Å². The lowest BCUT2D eigenvalue weighted by atomic mass is 10.2. The van der Waals surface area contributed by atoms with E-state index in [1.807, 2.05) is 30.3 Å². The van der Waals surface area contributed by atoms with Gasteiger partial charge in [0.2, 0.25) is 0 Å². The molecule has 1 N–H and O–H groups in total. The summed E-state index contributed by atoms with van der Waals surface area (Å²) >= 11 is 0. The number of ether oxygens (including phenoxy) is 1. The van der Waals surface area contributed by atoms with Crippen LogP contribution >= 0.6 is 0 Å². The monoisotopic (exact) mass is 232 g/mol. The summed E-state index contributed by atoms with van der Waals surface area (Å²) < 4.78 is 10.4. The molecule has 0 aliphatic heterocycles. The Balaban J connectivity index is 1.82. The standard InChI is InChI=1S/C12H12N2O3/c15-13-7-11-6-12(17-14-11)9-16-8-10-4-2-1-3-5-10/h1-7,15H,8-9H2/b13-7+. The lowest BCUT2D eigenvalue weighted by Gasteiger charge is -2.00. The highest BCUT2D eigenvalue weighted by Crippen LogP contribution is 2.06. The van der Waals surface area contributed by atoms with Crippen LogP contribution < -0.4 is 0 Å². The topological polar surface area (TPSA) is 67.9 Å². The summed E-state index contributed by atoms with van der Waals surface area (Å²) in [6, 6.07) is 11.5. The van der Waals surface area contributed by atoms with Gasteiger partial charge in [-0.3, -0.25) is 0 Å². The zero-order chi connectivity index (χ0) is 11.9. The van der Waals surface area contributed by atoms with E-state index in [-0.39, 0.29) is 0 Å². The SMILES string of the molecule is O/N=C/c1cc(COCc2ccccc2)on1. The van der Waals surface area contributed by atoms with Gasteiger partial charge in [0.15, 0.2) is 5.76 Å². The summed E-state index contributed by atoms with van der Waals surface area (Å²) in [4.78, 5) is 0. The van der Waals surface area contributed by atoms with Crippen molar-refractivity contribution in [3.63, 3.8) is 0 Å². The van der Waals surface area contributed by atoms with Crippen molar-refractivity contribution in [1.82, 2.24) is 5.16 Å². The van der Waals surface area contributed by atoms with Crippen LogP contribution in [-0.4, -0.2) is 16.6 Å². The Hall–Kier alpha value is -2.14. The van der Waals surface area contributed by atoms with Gasteiger partial charge < -0.3 is 14.5 Å². The molecule has 17 heavy (non-hydrogen) atoms. The smallest absolute Gasteiger partial charge is 0.163 e. The van der Waals surface area contributed by atoms with Gasteiger partial charge in [-0.1, -0.05) is 40.6 Å². The maximum absolute atomic E-state index is 8.31. The predicted molar refractivity (Wildman–Crippen MR) is 60.8 cm³/mol. The molecule has 0 amide bonds. The average Bonchev–Trinajstić information content (AvgIpc) is 2.79. The molecule has 1 aromatic carbocycles. The normalized spacial score (nSPS) is 11.1. The zero-order valence-electron chi connectivity index (χ0n) is 9.11. The molecule has 0 atom stereocenters. The average molecular weight is 232 g/mol. The van der Waals surface area contributed by atoms with Crippen LogP contribution in [0.25, 0.3) is 0 Å². The van der Waals surface area contributed by atoms with Gasteiger partial charge in [0.1, 0.15) is 12.3 Å². The second kappa shape index (κ2) is 5.81. The summed E-state index contributed by atoms with van der Waals surface area (Å²) in [6.07, 6.45) is 1.20. The number of aromatic nitrogens is 1. The van der Waals surface area contributed by atoms with Crippen molar-refractivity contribution >= 4 is 6.21 Å². The van der Waals surface area contributed by atoms with E-state index in [9.17, 15) is 0 Å². The summed E-state index contributed by atoms with van der Waals surface area (Å²) in [7, 11) is 0. The van der Waals surface area contributed by atoms with E-state index in [2.05, 4.69) is 10.3 Å². The molecule has 5 nitrogen and oxygen atoms in total. The summed E-state index contributed by atoms with van der Waals surface area (Å²) in [5, 5.41) is 14.8. The van der Waals surface area contributed by atoms with Crippen LogP contribution in [0, 0.1) is 0 Å². The van der Waals surface area contributed by atoms with E-state index >= 15 is 0 Å². The Morgan fingerprint density at radius 1 is 1.29 bits per heavy atom. The molecule has 0 aliphatic carbocycles. The molecular formula is C12H12N2O3. The van der Waals surface area contributed by atoms with Gasteiger partial charge in [0.25, 0.3) is 0 Å². The molecule has 1 aromatic heterocycles. The molecule has 5 heteroatoms. The van der Waals surface area contributed by atoms with Crippen LogP contribution in [0.2, 0.25) is 0 Å². The molecular weight excluding hydrogens is 220 g/mol. The first-order valence-electron chi connectivity index (χ1n) is 5.13. The van der Waals surface area contributed by atoms with E-state index in [1.54, 1.807) is 6.07 Å². The Bertz CT molecular complexity index is 480. The number of oxime groups is 1. The van der Waals surface area contributed by atoms with Crippen LogP contribution in [0.1, 0.15) is 17.0 Å². The third kappa shape index (κ3) is 3.42. The second-order valence-electron chi connectivity index (χ2n) is 3.44. The van der Waals surface area contributed by atoms with Crippen LogP contribution in [0.15, 0.2) is 46.1 Å². The minimum absolute atomic E-state index is 0.334. The number of nitrogens with zero attached hydrogens (tertiary/aromatic N) is 2. The first-order valence-corrected chi connectivity index (χ1v) is 5.13. The highest BCUT2D eigenvalue weighted by atomic mass is 16.5. The van der Waals surface area contributed by atoms with Crippen LogP contribution in [-0.2, 0) is 18.0 Å². The number of benzene rings is 1. The van der Waals surface area contributed by atoms with Gasteiger partial charge >= 0.3 is 0 Å². The summed E-state index contributed by atoms with van der Waals surface area (Å²) in [5.74, 6) is 0.593. The van der Waals surface area contributed by atoms with Crippen molar-refractivity contribution in [3.05, 3.63) is 53.4 Å². The number of hydrogen-bond acceptors (Lipinski definition) is 5. The fourth-order valence-corrected chi connectivity index (χ4v) is 1.36. The first-order chi connectivity index (χ1) is 8.38. The molecule has 0 spiro atoms. The molecule has 0 saturated heterocycles. The minimum atomic E-state index is 0.334. The zero-order valence-corrected chi connectivity index (χ0v) is 9.11. The first kappa shape index (κ1) is 11.3. The van der Waals surface area contributed by atoms with Crippen molar-refractivity contribution in [2.75, 3.05) is 0 Å². The van der Waals surface area contributed by atoms with E-state index in [0.29, 0.717) is 24.7 Å². The lowest BCUT2D eigenvalue weighted by molar-refractivity contribution is 0.0884.